The van der Waals surface area contributed by atoms with Gasteiger partial charge < -0.3 is 8.83 Å². The SMILES string of the molecule is O=C(CSc1nc2cc(Cl)ccc2o1)Nc1nnc(-c2ccccc2)o1. The topological polar surface area (TPSA) is 94.1 Å². The van der Waals surface area contributed by atoms with Crippen molar-refractivity contribution in [1.82, 2.24) is 15.2 Å². The number of halogens is 1. The summed E-state index contributed by atoms with van der Waals surface area (Å²) >= 11 is 7.08. The molecule has 0 radical (unpaired) electrons. The van der Waals surface area contributed by atoms with Crippen molar-refractivity contribution in [2.24, 2.45) is 0 Å². The van der Waals surface area contributed by atoms with Crippen molar-refractivity contribution in [3.05, 3.63) is 53.6 Å². The summed E-state index contributed by atoms with van der Waals surface area (Å²) in [6, 6.07) is 14.5. The highest BCUT2D eigenvalue weighted by atomic mass is 35.5. The molecule has 0 bridgehead atoms. The Morgan fingerprint density at radius 3 is 2.81 bits per heavy atom. The number of fused-ring (bicyclic) bond motifs is 1. The normalized spacial score (nSPS) is 11.0. The van der Waals surface area contributed by atoms with Crippen LogP contribution in [-0.2, 0) is 4.79 Å². The van der Waals surface area contributed by atoms with E-state index < -0.39 is 0 Å². The largest absolute Gasteiger partial charge is 0.431 e. The summed E-state index contributed by atoms with van der Waals surface area (Å²) in [6.07, 6.45) is 0. The lowest BCUT2D eigenvalue weighted by Crippen LogP contribution is -2.14. The highest BCUT2D eigenvalue weighted by molar-refractivity contribution is 7.99. The molecule has 2 heterocycles. The molecule has 2 aromatic carbocycles. The average molecular weight is 387 g/mol. The highest BCUT2D eigenvalue weighted by Gasteiger charge is 2.13. The van der Waals surface area contributed by atoms with E-state index in [9.17, 15) is 4.79 Å². The van der Waals surface area contributed by atoms with Crippen molar-refractivity contribution in [2.45, 2.75) is 5.22 Å². The van der Waals surface area contributed by atoms with E-state index in [0.29, 0.717) is 27.2 Å². The fraction of sp³-hybridized carbons (Fsp3) is 0.0588. The number of nitrogens with one attached hydrogen (secondary N) is 1. The summed E-state index contributed by atoms with van der Waals surface area (Å²) in [5.74, 6) is 0.117. The van der Waals surface area contributed by atoms with Crippen LogP contribution in [0.4, 0.5) is 6.01 Å². The van der Waals surface area contributed by atoms with Crippen LogP contribution < -0.4 is 5.32 Å². The summed E-state index contributed by atoms with van der Waals surface area (Å²) in [5.41, 5.74) is 2.03. The summed E-state index contributed by atoms with van der Waals surface area (Å²) in [6.45, 7) is 0. The number of thioether (sulfide) groups is 1. The van der Waals surface area contributed by atoms with Crippen LogP contribution >= 0.6 is 23.4 Å². The predicted molar refractivity (Wildman–Crippen MR) is 98.1 cm³/mol. The Morgan fingerprint density at radius 2 is 1.96 bits per heavy atom. The third-order valence-corrected chi connectivity index (χ3v) is 4.41. The van der Waals surface area contributed by atoms with E-state index in [1.54, 1.807) is 18.2 Å². The van der Waals surface area contributed by atoms with Crippen molar-refractivity contribution in [2.75, 3.05) is 11.1 Å². The Morgan fingerprint density at radius 1 is 1.12 bits per heavy atom. The van der Waals surface area contributed by atoms with Crippen molar-refractivity contribution in [3.63, 3.8) is 0 Å². The fourth-order valence-corrected chi connectivity index (χ4v) is 3.00. The summed E-state index contributed by atoms with van der Waals surface area (Å²) < 4.78 is 11.0. The van der Waals surface area contributed by atoms with Crippen molar-refractivity contribution in [1.29, 1.82) is 0 Å². The molecule has 0 fully saturated rings. The van der Waals surface area contributed by atoms with E-state index in [2.05, 4.69) is 20.5 Å². The van der Waals surface area contributed by atoms with Crippen LogP contribution in [0.2, 0.25) is 5.02 Å². The first-order chi connectivity index (χ1) is 12.7. The highest BCUT2D eigenvalue weighted by Crippen LogP contribution is 2.26. The Labute approximate surface area is 156 Å². The third kappa shape index (κ3) is 3.71. The number of hydrogen-bond acceptors (Lipinski definition) is 7. The third-order valence-electron chi connectivity index (χ3n) is 3.35. The number of amides is 1. The number of nitrogens with zero attached hydrogens (tertiary/aromatic N) is 3. The molecule has 2 aromatic heterocycles. The summed E-state index contributed by atoms with van der Waals surface area (Å²) in [4.78, 5) is 16.3. The quantitative estimate of drug-likeness (QED) is 0.512. The lowest BCUT2D eigenvalue weighted by atomic mass is 10.2. The van der Waals surface area contributed by atoms with Crippen LogP contribution in [0.25, 0.3) is 22.6 Å². The van der Waals surface area contributed by atoms with Crippen LogP contribution in [0.15, 0.2) is 62.6 Å². The second-order valence-electron chi connectivity index (χ2n) is 5.21. The molecule has 0 spiro atoms. The first-order valence-corrected chi connectivity index (χ1v) is 8.91. The van der Waals surface area contributed by atoms with E-state index in [1.165, 1.54) is 0 Å². The molecule has 0 aliphatic heterocycles. The van der Waals surface area contributed by atoms with Gasteiger partial charge in [-0.2, -0.15) is 0 Å². The smallest absolute Gasteiger partial charge is 0.322 e. The Balaban J connectivity index is 1.37. The van der Waals surface area contributed by atoms with Crippen LogP contribution in [0.1, 0.15) is 0 Å². The van der Waals surface area contributed by atoms with Gasteiger partial charge >= 0.3 is 6.01 Å². The van der Waals surface area contributed by atoms with Crippen LogP contribution in [0.5, 0.6) is 0 Å². The van der Waals surface area contributed by atoms with Gasteiger partial charge in [0.2, 0.25) is 11.8 Å². The van der Waals surface area contributed by atoms with Gasteiger partial charge in [-0.25, -0.2) is 4.98 Å². The fourth-order valence-electron chi connectivity index (χ4n) is 2.19. The molecule has 9 heteroatoms. The molecule has 1 amide bonds. The van der Waals surface area contributed by atoms with Crippen molar-refractivity contribution >= 4 is 46.4 Å². The van der Waals surface area contributed by atoms with E-state index >= 15 is 0 Å². The minimum absolute atomic E-state index is 0.0406. The van der Waals surface area contributed by atoms with Gasteiger partial charge in [0.1, 0.15) is 5.52 Å². The van der Waals surface area contributed by atoms with Gasteiger partial charge in [0.05, 0.1) is 5.75 Å². The molecule has 0 atom stereocenters. The number of benzene rings is 2. The molecule has 1 N–H and O–H groups in total. The Bertz CT molecular complexity index is 1060. The van der Waals surface area contributed by atoms with Gasteiger partial charge in [-0.1, -0.05) is 46.7 Å². The number of anilines is 1. The zero-order valence-corrected chi connectivity index (χ0v) is 14.8. The maximum absolute atomic E-state index is 12.1. The molecule has 0 saturated heterocycles. The molecule has 0 saturated carbocycles. The maximum atomic E-state index is 12.1. The van der Waals surface area contributed by atoms with E-state index in [4.69, 9.17) is 20.4 Å². The van der Waals surface area contributed by atoms with Crippen molar-refractivity contribution < 1.29 is 13.6 Å². The Hall–Kier alpha value is -2.84. The number of rotatable bonds is 5. The number of carbonyl (C=O) groups excluding carboxylic acids is 1. The molecule has 4 rings (SSSR count). The first kappa shape index (κ1) is 16.6. The standard InChI is InChI=1S/C17H11ClN4O3S/c18-11-6-7-13-12(8-11)19-17(24-13)26-9-14(23)20-16-22-21-15(25-16)10-4-2-1-3-5-10/h1-8H,9H2,(H,20,22,23). The first-order valence-electron chi connectivity index (χ1n) is 7.55. The molecule has 130 valence electrons. The zero-order chi connectivity index (χ0) is 17.9. The van der Waals surface area contributed by atoms with E-state index in [-0.39, 0.29) is 17.7 Å². The number of carbonyl (C=O) groups is 1. The molecular formula is C17H11ClN4O3S. The molecule has 0 unspecified atom stereocenters. The number of oxazole rings is 1. The lowest BCUT2D eigenvalue weighted by molar-refractivity contribution is -0.113. The van der Waals surface area contributed by atoms with Gasteiger partial charge in [0, 0.05) is 10.6 Å². The second kappa shape index (κ2) is 7.19. The van der Waals surface area contributed by atoms with Gasteiger partial charge in [-0.15, -0.1) is 5.10 Å². The minimum Gasteiger partial charge on any atom is -0.431 e. The number of aromatic nitrogens is 3. The molecule has 26 heavy (non-hydrogen) atoms. The van der Waals surface area contributed by atoms with E-state index in [0.717, 1.165) is 17.3 Å². The van der Waals surface area contributed by atoms with Gasteiger partial charge in [0.25, 0.3) is 5.22 Å². The van der Waals surface area contributed by atoms with Crippen LogP contribution in [0.3, 0.4) is 0 Å². The van der Waals surface area contributed by atoms with Gasteiger partial charge in [-0.3, -0.25) is 10.1 Å². The maximum Gasteiger partial charge on any atom is 0.322 e. The van der Waals surface area contributed by atoms with Crippen molar-refractivity contribution in [3.8, 4) is 11.5 Å². The molecule has 0 aliphatic carbocycles. The van der Waals surface area contributed by atoms with Crippen LogP contribution in [-0.4, -0.2) is 26.8 Å². The lowest BCUT2D eigenvalue weighted by Gasteiger charge is -1.98. The second-order valence-corrected chi connectivity index (χ2v) is 6.57. The summed E-state index contributed by atoms with van der Waals surface area (Å²) in [7, 11) is 0. The molecular weight excluding hydrogens is 376 g/mol. The van der Waals surface area contributed by atoms with Gasteiger partial charge in [0.15, 0.2) is 5.58 Å². The average Bonchev–Trinajstić information content (AvgIpc) is 3.27. The summed E-state index contributed by atoms with van der Waals surface area (Å²) in [5, 5.41) is 11.2. The van der Waals surface area contributed by atoms with E-state index in [1.807, 2.05) is 30.3 Å². The number of hydrogen-bond donors (Lipinski definition) is 1. The zero-order valence-electron chi connectivity index (χ0n) is 13.2. The monoisotopic (exact) mass is 386 g/mol. The van der Waals surface area contributed by atoms with Crippen LogP contribution in [0, 0.1) is 0 Å². The predicted octanol–water partition coefficient (Wildman–Crippen LogP) is 4.26. The van der Waals surface area contributed by atoms with Gasteiger partial charge in [-0.05, 0) is 30.3 Å². The molecule has 0 aliphatic rings. The molecule has 4 aromatic rings. The Kier molecular flexibility index (Phi) is 4.59. The molecule has 7 nitrogen and oxygen atoms in total. The minimum atomic E-state index is -0.307.